The third kappa shape index (κ3) is 4.81. The summed E-state index contributed by atoms with van der Waals surface area (Å²) in [6.07, 6.45) is 0. The van der Waals surface area contributed by atoms with E-state index in [1.165, 1.54) is 0 Å². The summed E-state index contributed by atoms with van der Waals surface area (Å²) in [6.45, 7) is 0. The Morgan fingerprint density at radius 1 is 0.875 bits per heavy atom. The van der Waals surface area contributed by atoms with Gasteiger partial charge in [0.2, 0.25) is 0 Å². The first kappa shape index (κ1) is 21.6. The molecule has 4 rings (SSSR count). The lowest BCUT2D eigenvalue weighted by Crippen LogP contribution is -1.95. The average Bonchev–Trinajstić information content (AvgIpc) is 3.27. The van der Waals surface area contributed by atoms with Crippen molar-refractivity contribution in [1.82, 2.24) is 0 Å². The Kier molecular flexibility index (Phi) is 6.52. The van der Waals surface area contributed by atoms with Crippen LogP contribution in [0.25, 0.3) is 22.6 Å². The summed E-state index contributed by atoms with van der Waals surface area (Å²) in [6, 6.07) is 24.4. The molecule has 1 heterocycles. The van der Waals surface area contributed by atoms with E-state index in [9.17, 15) is 9.90 Å². The zero-order chi connectivity index (χ0) is 22.5. The van der Waals surface area contributed by atoms with Crippen LogP contribution in [0.15, 0.2) is 88.2 Å². The predicted octanol–water partition coefficient (Wildman–Crippen LogP) is 6.62. The van der Waals surface area contributed by atoms with Gasteiger partial charge in [-0.05, 0) is 48.5 Å². The maximum absolute atomic E-state index is 11.2. The van der Waals surface area contributed by atoms with Crippen LogP contribution in [0.3, 0.4) is 0 Å². The van der Waals surface area contributed by atoms with E-state index in [2.05, 4.69) is 0 Å². The third-order valence-electron chi connectivity index (χ3n) is 4.99. The number of carbonyl (C=O) groups is 1. The summed E-state index contributed by atoms with van der Waals surface area (Å²) in [5.41, 5.74) is 2.98. The summed E-state index contributed by atoms with van der Waals surface area (Å²) >= 11 is 1.68. The van der Waals surface area contributed by atoms with Crippen molar-refractivity contribution in [1.29, 1.82) is 0 Å². The number of rotatable bonds is 8. The van der Waals surface area contributed by atoms with Gasteiger partial charge in [0.25, 0.3) is 0 Å². The second-order valence-electron chi connectivity index (χ2n) is 7.05. The molecule has 1 N–H and O–H groups in total. The molecule has 0 unspecified atom stereocenters. The molecule has 3 aromatic carbocycles. The van der Waals surface area contributed by atoms with Crippen LogP contribution < -0.4 is 9.47 Å². The Balaban J connectivity index is 1.70. The molecule has 0 aliphatic rings. The fourth-order valence-corrected chi connectivity index (χ4v) is 4.23. The van der Waals surface area contributed by atoms with Gasteiger partial charge in [0.05, 0.1) is 19.8 Å². The maximum atomic E-state index is 11.2. The monoisotopic (exact) mass is 446 g/mol. The van der Waals surface area contributed by atoms with Crippen molar-refractivity contribution < 1.29 is 23.8 Å². The molecule has 0 saturated heterocycles. The standard InChI is InChI=1S/C26H22O5S/c1-29-21-6-3-5-19(13-21)24-14-20(16-32-23-8-4-7-22(15-23)30-2)25(31-24)17-9-11-18(12-10-17)26(27)28/h3-15H,16H2,1-2H3,(H,27,28). The smallest absolute Gasteiger partial charge is 0.335 e. The quantitative estimate of drug-likeness (QED) is 0.307. The van der Waals surface area contributed by atoms with Crippen LogP contribution in [0.1, 0.15) is 15.9 Å². The Bertz CT molecular complexity index is 1230. The first-order valence-electron chi connectivity index (χ1n) is 9.95. The van der Waals surface area contributed by atoms with Crippen molar-refractivity contribution in [3.63, 3.8) is 0 Å². The lowest BCUT2D eigenvalue weighted by Gasteiger charge is -2.06. The van der Waals surface area contributed by atoms with Crippen LogP contribution in [0.4, 0.5) is 0 Å². The van der Waals surface area contributed by atoms with E-state index in [0.717, 1.165) is 44.6 Å². The molecule has 0 bridgehead atoms. The summed E-state index contributed by atoms with van der Waals surface area (Å²) in [4.78, 5) is 12.3. The van der Waals surface area contributed by atoms with E-state index in [1.54, 1.807) is 50.2 Å². The number of thioether (sulfide) groups is 1. The SMILES string of the molecule is COc1cccc(SCc2cc(-c3cccc(OC)c3)oc2-c2ccc(C(=O)O)cc2)c1. The molecular formula is C26H22O5S. The van der Waals surface area contributed by atoms with Gasteiger partial charge in [0, 0.05) is 27.3 Å². The molecule has 32 heavy (non-hydrogen) atoms. The van der Waals surface area contributed by atoms with Gasteiger partial charge in [-0.2, -0.15) is 0 Å². The highest BCUT2D eigenvalue weighted by Crippen LogP contribution is 2.37. The fraction of sp³-hybridized carbons (Fsp3) is 0.115. The molecule has 1 aromatic heterocycles. The third-order valence-corrected chi connectivity index (χ3v) is 6.04. The molecule has 0 radical (unpaired) electrons. The van der Waals surface area contributed by atoms with Crippen LogP contribution in [-0.4, -0.2) is 25.3 Å². The second-order valence-corrected chi connectivity index (χ2v) is 8.10. The van der Waals surface area contributed by atoms with E-state index in [4.69, 9.17) is 13.9 Å². The second kappa shape index (κ2) is 9.66. The first-order valence-corrected chi connectivity index (χ1v) is 10.9. The normalized spacial score (nSPS) is 10.7. The number of ether oxygens (including phenoxy) is 2. The van der Waals surface area contributed by atoms with Crippen molar-refractivity contribution in [2.45, 2.75) is 10.6 Å². The van der Waals surface area contributed by atoms with Crippen molar-refractivity contribution in [2.75, 3.05) is 14.2 Å². The van der Waals surface area contributed by atoms with Crippen molar-refractivity contribution in [3.8, 4) is 34.1 Å². The minimum Gasteiger partial charge on any atom is -0.497 e. The van der Waals surface area contributed by atoms with E-state index in [-0.39, 0.29) is 5.56 Å². The van der Waals surface area contributed by atoms with Gasteiger partial charge in [0.1, 0.15) is 23.0 Å². The van der Waals surface area contributed by atoms with Crippen LogP contribution in [0, 0.1) is 0 Å². The topological polar surface area (TPSA) is 68.9 Å². The van der Waals surface area contributed by atoms with Gasteiger partial charge < -0.3 is 19.0 Å². The van der Waals surface area contributed by atoms with Crippen molar-refractivity contribution in [2.24, 2.45) is 0 Å². The predicted molar refractivity (Wildman–Crippen MR) is 126 cm³/mol. The molecule has 0 aliphatic heterocycles. The zero-order valence-electron chi connectivity index (χ0n) is 17.7. The summed E-state index contributed by atoms with van der Waals surface area (Å²) in [7, 11) is 3.28. The number of hydrogen-bond acceptors (Lipinski definition) is 5. The van der Waals surface area contributed by atoms with E-state index in [1.807, 2.05) is 54.6 Å². The van der Waals surface area contributed by atoms with Gasteiger partial charge in [0.15, 0.2) is 0 Å². The van der Waals surface area contributed by atoms with Crippen LogP contribution in [-0.2, 0) is 5.75 Å². The number of hydrogen-bond donors (Lipinski definition) is 1. The fourth-order valence-electron chi connectivity index (χ4n) is 3.32. The van der Waals surface area contributed by atoms with Gasteiger partial charge in [-0.25, -0.2) is 4.79 Å². The number of aromatic carboxylic acids is 1. The van der Waals surface area contributed by atoms with Crippen LogP contribution in [0.2, 0.25) is 0 Å². The van der Waals surface area contributed by atoms with Gasteiger partial charge in [-0.1, -0.05) is 30.3 Å². The highest BCUT2D eigenvalue weighted by molar-refractivity contribution is 7.98. The molecule has 4 aromatic rings. The minimum absolute atomic E-state index is 0.237. The lowest BCUT2D eigenvalue weighted by molar-refractivity contribution is 0.0697. The first-order chi connectivity index (χ1) is 15.6. The lowest BCUT2D eigenvalue weighted by atomic mass is 10.1. The molecule has 0 aliphatic carbocycles. The molecule has 0 amide bonds. The molecule has 0 atom stereocenters. The molecule has 5 nitrogen and oxygen atoms in total. The summed E-state index contributed by atoms with van der Waals surface area (Å²) in [5, 5.41) is 9.21. The molecule has 0 spiro atoms. The zero-order valence-corrected chi connectivity index (χ0v) is 18.5. The van der Waals surface area contributed by atoms with Gasteiger partial charge in [-0.3, -0.25) is 0 Å². The maximum Gasteiger partial charge on any atom is 0.335 e. The molecule has 6 heteroatoms. The molecular weight excluding hydrogens is 424 g/mol. The number of benzene rings is 3. The van der Waals surface area contributed by atoms with Crippen molar-refractivity contribution >= 4 is 17.7 Å². The Morgan fingerprint density at radius 3 is 2.25 bits per heavy atom. The molecule has 0 fully saturated rings. The van der Waals surface area contributed by atoms with Gasteiger partial charge in [-0.15, -0.1) is 11.8 Å². The Hall–Kier alpha value is -3.64. The average molecular weight is 447 g/mol. The number of carboxylic acid groups (broad SMARTS) is 1. The van der Waals surface area contributed by atoms with Crippen LogP contribution in [0.5, 0.6) is 11.5 Å². The van der Waals surface area contributed by atoms with E-state index in [0.29, 0.717) is 5.75 Å². The number of furan rings is 1. The number of methoxy groups -OCH3 is 2. The number of carboxylic acids is 1. The van der Waals surface area contributed by atoms with E-state index < -0.39 is 5.97 Å². The van der Waals surface area contributed by atoms with E-state index >= 15 is 0 Å². The van der Waals surface area contributed by atoms with Crippen LogP contribution >= 0.6 is 11.8 Å². The van der Waals surface area contributed by atoms with Gasteiger partial charge >= 0.3 is 5.97 Å². The minimum atomic E-state index is -0.957. The highest BCUT2D eigenvalue weighted by Gasteiger charge is 2.16. The molecule has 162 valence electrons. The summed E-state index contributed by atoms with van der Waals surface area (Å²) < 4.78 is 16.9. The Labute approximate surface area is 190 Å². The molecule has 0 saturated carbocycles. The summed E-state index contributed by atoms with van der Waals surface area (Å²) in [5.74, 6) is 2.72. The Morgan fingerprint density at radius 2 is 1.56 bits per heavy atom. The highest BCUT2D eigenvalue weighted by atomic mass is 32.2. The largest absolute Gasteiger partial charge is 0.497 e. The van der Waals surface area contributed by atoms with Crippen molar-refractivity contribution in [3.05, 3.63) is 90.0 Å².